The van der Waals surface area contributed by atoms with Crippen LogP contribution in [0, 0.1) is 0 Å². The third kappa shape index (κ3) is 7.53. The van der Waals surface area contributed by atoms with Gasteiger partial charge in [-0.1, -0.05) is 15.9 Å². The molecule has 1 aromatic rings. The van der Waals surface area contributed by atoms with E-state index < -0.39 is 0 Å². The highest BCUT2D eigenvalue weighted by Crippen LogP contribution is 2.15. The molecule has 0 heterocycles. The molecule has 1 rings (SSSR count). The van der Waals surface area contributed by atoms with E-state index in [0.29, 0.717) is 12.3 Å². The third-order valence-electron chi connectivity index (χ3n) is 2.06. The maximum Gasteiger partial charge on any atom is 0.257 e. The van der Waals surface area contributed by atoms with Gasteiger partial charge in [0, 0.05) is 17.6 Å². The van der Waals surface area contributed by atoms with Gasteiger partial charge in [0.25, 0.3) is 5.91 Å². The number of hydrogen-bond donors (Lipinski definition) is 1. The number of carbonyl (C=O) groups excluding carboxylic acids is 1. The van der Waals surface area contributed by atoms with Gasteiger partial charge in [-0.3, -0.25) is 4.79 Å². The molecule has 0 aromatic heterocycles. The summed E-state index contributed by atoms with van der Waals surface area (Å²) in [5.41, 5.74) is 0. The van der Waals surface area contributed by atoms with Crippen molar-refractivity contribution in [2.45, 2.75) is 0 Å². The number of benzene rings is 1. The summed E-state index contributed by atoms with van der Waals surface area (Å²) in [4.78, 5) is 13.4. The molecule has 1 N–H and O–H groups in total. The predicted molar refractivity (Wildman–Crippen MR) is 71.2 cm³/mol. The summed E-state index contributed by atoms with van der Waals surface area (Å²) in [6.45, 7) is 1.51. The molecule has 0 saturated carbocycles. The number of ether oxygens (including phenoxy) is 1. The molecule has 1 amide bonds. The van der Waals surface area contributed by atoms with Crippen molar-refractivity contribution in [1.82, 2.24) is 10.2 Å². The number of carbonyl (C=O) groups is 1. The minimum Gasteiger partial charge on any atom is -1.00 e. The zero-order valence-electron chi connectivity index (χ0n) is 10.5. The zero-order chi connectivity index (χ0) is 12.7. The molecule has 6 heteroatoms. The van der Waals surface area contributed by atoms with Crippen LogP contribution in [0.2, 0.25) is 0 Å². The second-order valence-corrected chi connectivity index (χ2v) is 4.81. The van der Waals surface area contributed by atoms with Crippen molar-refractivity contribution in [3.8, 4) is 5.75 Å². The molecule has 102 valence electrons. The molecule has 0 atom stereocenters. The first kappa shape index (κ1) is 17.2. The summed E-state index contributed by atoms with van der Waals surface area (Å²) in [6, 6.07) is 7.38. The summed E-state index contributed by atoms with van der Waals surface area (Å²) >= 11 is 3.33. The van der Waals surface area contributed by atoms with Crippen molar-refractivity contribution in [3.05, 3.63) is 28.7 Å². The SMILES string of the molecule is CN(C)CCNC(=O)COc1ccc(Br)cc1.[Cl-]. The average molecular weight is 337 g/mol. The maximum absolute atomic E-state index is 11.4. The Bertz CT molecular complexity index is 358. The van der Waals surface area contributed by atoms with Gasteiger partial charge in [0.1, 0.15) is 5.75 Å². The van der Waals surface area contributed by atoms with Gasteiger partial charge in [0.15, 0.2) is 6.61 Å². The predicted octanol–water partition coefficient (Wildman–Crippen LogP) is -1.49. The molecule has 0 spiro atoms. The van der Waals surface area contributed by atoms with Crippen LogP contribution in [0.1, 0.15) is 0 Å². The van der Waals surface area contributed by atoms with E-state index in [2.05, 4.69) is 21.2 Å². The Kier molecular flexibility index (Phi) is 8.79. The molecule has 0 radical (unpaired) electrons. The molecule has 18 heavy (non-hydrogen) atoms. The number of nitrogens with one attached hydrogen (secondary N) is 1. The van der Waals surface area contributed by atoms with E-state index in [9.17, 15) is 4.79 Å². The molecule has 0 aliphatic heterocycles. The number of halogens is 2. The quantitative estimate of drug-likeness (QED) is 0.688. The van der Waals surface area contributed by atoms with Crippen LogP contribution in [-0.4, -0.2) is 44.6 Å². The van der Waals surface area contributed by atoms with Gasteiger partial charge in [0.05, 0.1) is 0 Å². The van der Waals surface area contributed by atoms with Crippen molar-refractivity contribution in [3.63, 3.8) is 0 Å². The fourth-order valence-electron chi connectivity index (χ4n) is 1.15. The monoisotopic (exact) mass is 335 g/mol. The van der Waals surface area contributed by atoms with E-state index in [1.807, 2.05) is 43.3 Å². The molecular formula is C12H17BrClN2O2-. The van der Waals surface area contributed by atoms with Crippen LogP contribution in [0.15, 0.2) is 28.7 Å². The van der Waals surface area contributed by atoms with E-state index in [4.69, 9.17) is 4.74 Å². The van der Waals surface area contributed by atoms with Crippen molar-refractivity contribution in [2.24, 2.45) is 0 Å². The maximum atomic E-state index is 11.4. The standard InChI is InChI=1S/C12H17BrN2O2.ClH/c1-15(2)8-7-14-12(16)9-17-11-5-3-10(13)4-6-11;/h3-6H,7-9H2,1-2H3,(H,14,16);1H/p-1. The Labute approximate surface area is 122 Å². The Morgan fingerprint density at radius 1 is 1.33 bits per heavy atom. The number of amides is 1. The molecule has 0 unspecified atom stereocenters. The number of hydrogen-bond acceptors (Lipinski definition) is 3. The van der Waals surface area contributed by atoms with Crippen molar-refractivity contribution >= 4 is 21.8 Å². The van der Waals surface area contributed by atoms with Gasteiger partial charge < -0.3 is 27.4 Å². The lowest BCUT2D eigenvalue weighted by Gasteiger charge is -2.11. The van der Waals surface area contributed by atoms with Crippen LogP contribution in [0.4, 0.5) is 0 Å². The topological polar surface area (TPSA) is 41.6 Å². The second kappa shape index (κ2) is 9.19. The van der Waals surface area contributed by atoms with Gasteiger partial charge >= 0.3 is 0 Å². The lowest BCUT2D eigenvalue weighted by molar-refractivity contribution is -0.123. The van der Waals surface area contributed by atoms with Crippen LogP contribution in [-0.2, 0) is 4.79 Å². The number of rotatable bonds is 6. The van der Waals surface area contributed by atoms with E-state index in [-0.39, 0.29) is 24.9 Å². The fraction of sp³-hybridized carbons (Fsp3) is 0.417. The van der Waals surface area contributed by atoms with Crippen molar-refractivity contribution < 1.29 is 21.9 Å². The highest BCUT2D eigenvalue weighted by molar-refractivity contribution is 9.10. The van der Waals surface area contributed by atoms with E-state index in [1.54, 1.807) is 0 Å². The summed E-state index contributed by atoms with van der Waals surface area (Å²) in [6.07, 6.45) is 0. The smallest absolute Gasteiger partial charge is 0.257 e. The van der Waals surface area contributed by atoms with E-state index in [0.717, 1.165) is 11.0 Å². The van der Waals surface area contributed by atoms with Crippen molar-refractivity contribution in [2.75, 3.05) is 33.8 Å². The summed E-state index contributed by atoms with van der Waals surface area (Å²) < 4.78 is 6.32. The van der Waals surface area contributed by atoms with E-state index >= 15 is 0 Å². The minimum absolute atomic E-state index is 0. The van der Waals surface area contributed by atoms with Crippen LogP contribution in [0.5, 0.6) is 5.75 Å². The molecular weight excluding hydrogens is 320 g/mol. The Hall–Kier alpha value is -0.780. The van der Waals surface area contributed by atoms with Gasteiger partial charge in [-0.15, -0.1) is 0 Å². The third-order valence-corrected chi connectivity index (χ3v) is 2.59. The summed E-state index contributed by atoms with van der Waals surface area (Å²) in [7, 11) is 3.93. The number of nitrogens with zero attached hydrogens (tertiary/aromatic N) is 1. The highest BCUT2D eigenvalue weighted by atomic mass is 79.9. The molecule has 4 nitrogen and oxygen atoms in total. The molecule has 0 aliphatic rings. The van der Waals surface area contributed by atoms with Crippen LogP contribution < -0.4 is 22.5 Å². The number of likely N-dealkylation sites (N-methyl/N-ethyl adjacent to an activating group) is 1. The van der Waals surface area contributed by atoms with Crippen LogP contribution in [0.25, 0.3) is 0 Å². The van der Waals surface area contributed by atoms with Crippen molar-refractivity contribution in [1.29, 1.82) is 0 Å². The molecule has 0 saturated heterocycles. The highest BCUT2D eigenvalue weighted by Gasteiger charge is 2.02. The first-order chi connectivity index (χ1) is 8.08. The zero-order valence-corrected chi connectivity index (χ0v) is 12.8. The Balaban J connectivity index is 0.00000289. The summed E-state index contributed by atoms with van der Waals surface area (Å²) in [5, 5.41) is 2.78. The Morgan fingerprint density at radius 3 is 2.50 bits per heavy atom. The molecule has 0 fully saturated rings. The average Bonchev–Trinajstić information content (AvgIpc) is 2.28. The van der Waals surface area contributed by atoms with Gasteiger partial charge in [0.2, 0.25) is 0 Å². The van der Waals surface area contributed by atoms with Crippen LogP contribution in [0.3, 0.4) is 0 Å². The largest absolute Gasteiger partial charge is 1.00 e. The normalized spacial score (nSPS) is 9.78. The van der Waals surface area contributed by atoms with Gasteiger partial charge in [-0.25, -0.2) is 0 Å². The first-order valence-electron chi connectivity index (χ1n) is 5.38. The fourth-order valence-corrected chi connectivity index (χ4v) is 1.41. The molecule has 1 aromatic carbocycles. The molecule has 0 bridgehead atoms. The van der Waals surface area contributed by atoms with Crippen LogP contribution >= 0.6 is 15.9 Å². The second-order valence-electron chi connectivity index (χ2n) is 3.90. The Morgan fingerprint density at radius 2 is 1.94 bits per heavy atom. The lowest BCUT2D eigenvalue weighted by Crippen LogP contribution is -3.00. The van der Waals surface area contributed by atoms with E-state index in [1.165, 1.54) is 0 Å². The van der Waals surface area contributed by atoms with Gasteiger partial charge in [-0.2, -0.15) is 0 Å². The minimum atomic E-state index is -0.102. The lowest BCUT2D eigenvalue weighted by atomic mass is 10.3. The van der Waals surface area contributed by atoms with Gasteiger partial charge in [-0.05, 0) is 38.4 Å². The molecule has 0 aliphatic carbocycles. The summed E-state index contributed by atoms with van der Waals surface area (Å²) in [5.74, 6) is 0.589. The first-order valence-corrected chi connectivity index (χ1v) is 6.17.